The summed E-state index contributed by atoms with van der Waals surface area (Å²) in [6, 6.07) is 5.39. The first-order chi connectivity index (χ1) is 11.5. The molecule has 0 saturated carbocycles. The van der Waals surface area contributed by atoms with Crippen molar-refractivity contribution in [2.45, 2.75) is 6.42 Å². The zero-order valence-corrected chi connectivity index (χ0v) is 14.0. The van der Waals surface area contributed by atoms with Crippen LogP contribution in [0.4, 0.5) is 5.95 Å². The fraction of sp³-hybridized carbons (Fsp3) is 0.214. The molecule has 0 atom stereocenters. The molecule has 1 aromatic heterocycles. The summed E-state index contributed by atoms with van der Waals surface area (Å²) in [6.07, 6.45) is 1.91. The minimum atomic E-state index is -0.819. The lowest BCUT2D eigenvalue weighted by Crippen LogP contribution is -2.17. The quantitative estimate of drug-likeness (QED) is 0.496. The van der Waals surface area contributed by atoms with E-state index >= 15 is 0 Å². The number of anilines is 1. The normalized spacial score (nSPS) is 10.3. The van der Waals surface area contributed by atoms with E-state index in [0.717, 1.165) is 5.56 Å². The van der Waals surface area contributed by atoms with Gasteiger partial charge in [-0.05, 0) is 24.1 Å². The van der Waals surface area contributed by atoms with Crippen molar-refractivity contribution in [1.29, 1.82) is 0 Å². The molecule has 0 radical (unpaired) electrons. The number of ether oxygens (including phenoxy) is 1. The van der Waals surface area contributed by atoms with Crippen LogP contribution < -0.4 is 21.7 Å². The molecule has 0 aliphatic heterocycles. The van der Waals surface area contributed by atoms with Crippen LogP contribution in [0, 0.1) is 0 Å². The van der Waals surface area contributed by atoms with Gasteiger partial charge in [0.1, 0.15) is 12.3 Å². The molecule has 5 N–H and O–H groups in total. The van der Waals surface area contributed by atoms with E-state index in [1.807, 2.05) is 6.07 Å². The Kier molecular flexibility index (Phi) is 6.56. The van der Waals surface area contributed by atoms with Gasteiger partial charge >= 0.3 is 5.97 Å². The van der Waals surface area contributed by atoms with E-state index in [1.165, 1.54) is 6.20 Å². The first kappa shape index (κ1) is 18.2. The Labute approximate surface area is 148 Å². The molecule has 0 aliphatic carbocycles. The summed E-state index contributed by atoms with van der Waals surface area (Å²) in [4.78, 5) is 23.7. The number of halogens is 2. The molecule has 10 heteroatoms. The van der Waals surface area contributed by atoms with Crippen LogP contribution >= 0.6 is 23.2 Å². The van der Waals surface area contributed by atoms with Crippen molar-refractivity contribution >= 4 is 35.1 Å². The molecular weight excluding hydrogens is 357 g/mol. The molecule has 128 valence electrons. The highest BCUT2D eigenvalue weighted by Gasteiger charge is 2.17. The Bertz CT molecular complexity index is 730. The number of nitrogens with one attached hydrogen (secondary N) is 1. The number of hydrogen-bond donors (Lipinski definition) is 3. The minimum absolute atomic E-state index is 0.0139. The number of carbonyl (C=O) groups is 1. The van der Waals surface area contributed by atoms with Gasteiger partial charge in [0.2, 0.25) is 11.8 Å². The molecule has 0 unspecified atom stereocenters. The van der Waals surface area contributed by atoms with Crippen LogP contribution in [0.2, 0.25) is 10.0 Å². The molecule has 1 aromatic carbocycles. The third kappa shape index (κ3) is 4.68. The maximum atomic E-state index is 11.5. The molecule has 0 fully saturated rings. The lowest BCUT2D eigenvalue weighted by atomic mass is 10.1. The smallest absolute Gasteiger partial charge is 0.363 e. The highest BCUT2D eigenvalue weighted by atomic mass is 35.5. The fourth-order valence-corrected chi connectivity index (χ4v) is 2.18. The van der Waals surface area contributed by atoms with Crippen LogP contribution in [0.25, 0.3) is 0 Å². The highest BCUT2D eigenvalue weighted by Crippen LogP contribution is 2.23. The second kappa shape index (κ2) is 8.65. The van der Waals surface area contributed by atoms with Crippen LogP contribution in [0.3, 0.4) is 0 Å². The largest absolute Gasteiger partial charge is 0.461 e. The number of benzene rings is 1. The minimum Gasteiger partial charge on any atom is -0.461 e. The summed E-state index contributed by atoms with van der Waals surface area (Å²) >= 11 is 11.8. The summed E-state index contributed by atoms with van der Waals surface area (Å²) in [7, 11) is 0. The number of nitrogens with zero attached hydrogens (tertiary/aromatic N) is 2. The van der Waals surface area contributed by atoms with Crippen molar-refractivity contribution in [2.75, 3.05) is 18.6 Å². The Balaban J connectivity index is 2.02. The van der Waals surface area contributed by atoms with Crippen LogP contribution in [0.15, 0.2) is 24.4 Å². The lowest BCUT2D eigenvalue weighted by Gasteiger charge is -2.10. The zero-order valence-electron chi connectivity index (χ0n) is 12.5. The van der Waals surface area contributed by atoms with Gasteiger partial charge < -0.3 is 14.9 Å². The van der Waals surface area contributed by atoms with Crippen molar-refractivity contribution in [1.82, 2.24) is 9.97 Å². The first-order valence-electron chi connectivity index (χ1n) is 6.84. The van der Waals surface area contributed by atoms with Gasteiger partial charge in [-0.15, -0.1) is 0 Å². The molecular formula is C14H15Cl2N5O3. The molecule has 24 heavy (non-hydrogen) atoms. The van der Waals surface area contributed by atoms with Gasteiger partial charge in [0.25, 0.3) is 0 Å². The molecule has 0 bridgehead atoms. The Hall–Kier alpha value is -2.13. The molecule has 0 spiro atoms. The fourth-order valence-electron chi connectivity index (χ4n) is 1.86. The van der Waals surface area contributed by atoms with Crippen molar-refractivity contribution in [2.24, 2.45) is 11.6 Å². The van der Waals surface area contributed by atoms with Crippen LogP contribution in [0.5, 0.6) is 5.88 Å². The van der Waals surface area contributed by atoms with Crippen molar-refractivity contribution < 1.29 is 14.4 Å². The molecule has 1 heterocycles. The second-order valence-corrected chi connectivity index (χ2v) is 5.37. The SMILES string of the molecule is NCOc1nc(NCCc2ccc(Cl)c(Cl)c2)ncc1C(=O)ON. The summed E-state index contributed by atoms with van der Waals surface area (Å²) in [5.41, 5.74) is 6.30. The molecule has 0 saturated heterocycles. The maximum absolute atomic E-state index is 11.5. The monoisotopic (exact) mass is 371 g/mol. The van der Waals surface area contributed by atoms with E-state index in [-0.39, 0.29) is 24.1 Å². The maximum Gasteiger partial charge on any atom is 0.363 e. The Morgan fingerprint density at radius 1 is 1.29 bits per heavy atom. The number of nitrogens with two attached hydrogens (primary N) is 2. The number of hydrogen-bond acceptors (Lipinski definition) is 8. The summed E-state index contributed by atoms with van der Waals surface area (Å²) in [5.74, 6) is 4.28. The van der Waals surface area contributed by atoms with Gasteiger partial charge in [-0.25, -0.2) is 9.78 Å². The Morgan fingerprint density at radius 2 is 2.08 bits per heavy atom. The standard InChI is InChI=1S/C14H15Cl2N5O3/c15-10-2-1-8(5-11(10)16)3-4-19-14-20-6-9(13(22)24-18)12(21-14)23-7-17/h1-2,5-6H,3-4,7,17-18H2,(H,19,20,21). The summed E-state index contributed by atoms with van der Waals surface area (Å²) in [6.45, 7) is 0.366. The van der Waals surface area contributed by atoms with Gasteiger partial charge in [0.05, 0.1) is 16.2 Å². The molecule has 0 amide bonds. The summed E-state index contributed by atoms with van der Waals surface area (Å²) < 4.78 is 5.09. The van der Waals surface area contributed by atoms with Crippen LogP contribution in [-0.4, -0.2) is 29.2 Å². The number of aromatic nitrogens is 2. The second-order valence-electron chi connectivity index (χ2n) is 4.55. The van der Waals surface area contributed by atoms with Gasteiger partial charge in [0.15, 0.2) is 0 Å². The highest BCUT2D eigenvalue weighted by molar-refractivity contribution is 6.42. The average Bonchev–Trinajstić information content (AvgIpc) is 2.58. The van der Waals surface area contributed by atoms with E-state index in [2.05, 4.69) is 20.1 Å². The molecule has 2 rings (SSSR count). The predicted octanol–water partition coefficient (Wildman–Crippen LogP) is 1.76. The number of rotatable bonds is 7. The zero-order chi connectivity index (χ0) is 17.5. The van der Waals surface area contributed by atoms with Gasteiger partial charge in [0, 0.05) is 6.54 Å². The number of carbonyl (C=O) groups excluding carboxylic acids is 1. The topological polar surface area (TPSA) is 125 Å². The van der Waals surface area contributed by atoms with Crippen molar-refractivity contribution in [3.05, 3.63) is 45.6 Å². The van der Waals surface area contributed by atoms with Crippen molar-refractivity contribution in [3.63, 3.8) is 0 Å². The van der Waals surface area contributed by atoms with E-state index in [4.69, 9.17) is 39.6 Å². The van der Waals surface area contributed by atoms with E-state index in [0.29, 0.717) is 23.0 Å². The first-order valence-corrected chi connectivity index (χ1v) is 7.59. The third-order valence-electron chi connectivity index (χ3n) is 2.98. The van der Waals surface area contributed by atoms with Gasteiger partial charge in [-0.3, -0.25) is 5.73 Å². The van der Waals surface area contributed by atoms with E-state index in [9.17, 15) is 4.79 Å². The van der Waals surface area contributed by atoms with E-state index in [1.54, 1.807) is 12.1 Å². The Morgan fingerprint density at radius 3 is 2.75 bits per heavy atom. The summed E-state index contributed by atoms with van der Waals surface area (Å²) in [5, 5.41) is 4.00. The average molecular weight is 372 g/mol. The molecule has 2 aromatic rings. The van der Waals surface area contributed by atoms with Crippen LogP contribution in [-0.2, 0) is 11.3 Å². The van der Waals surface area contributed by atoms with E-state index < -0.39 is 5.97 Å². The molecule has 8 nitrogen and oxygen atoms in total. The van der Waals surface area contributed by atoms with Gasteiger partial charge in [-0.1, -0.05) is 29.3 Å². The third-order valence-corrected chi connectivity index (χ3v) is 3.72. The molecule has 0 aliphatic rings. The van der Waals surface area contributed by atoms with Crippen LogP contribution in [0.1, 0.15) is 15.9 Å². The predicted molar refractivity (Wildman–Crippen MR) is 90.0 cm³/mol. The van der Waals surface area contributed by atoms with Crippen molar-refractivity contribution in [3.8, 4) is 5.88 Å². The lowest BCUT2D eigenvalue weighted by molar-refractivity contribution is 0.0497. The van der Waals surface area contributed by atoms with Gasteiger partial charge in [-0.2, -0.15) is 10.9 Å².